The van der Waals surface area contributed by atoms with Crippen molar-refractivity contribution < 1.29 is 9.90 Å². The van der Waals surface area contributed by atoms with E-state index in [0.29, 0.717) is 5.56 Å². The Bertz CT molecular complexity index is 475. The molecule has 13 heavy (non-hydrogen) atoms. The predicted molar refractivity (Wildman–Crippen MR) is 52.8 cm³/mol. The van der Waals surface area contributed by atoms with Gasteiger partial charge in [-0.2, -0.15) is 0 Å². The third kappa shape index (κ3) is 1.11. The number of carbonyl (C=O) groups is 1. The van der Waals surface area contributed by atoms with Crippen LogP contribution >= 0.6 is 0 Å². The smallest absolute Gasteiger partial charge is 0.337 e. The van der Waals surface area contributed by atoms with Crippen molar-refractivity contribution in [2.24, 2.45) is 0 Å². The van der Waals surface area contributed by atoms with Crippen LogP contribution < -0.4 is 0 Å². The summed E-state index contributed by atoms with van der Waals surface area (Å²) in [6, 6.07) is 7.46. The van der Waals surface area contributed by atoms with Gasteiger partial charge >= 0.3 is 5.97 Å². The standard InChI is InChI=1S/C9H8BNO2/c10-11-5-7(9(12)13)6-3-1-2-4-8(6)11/h1-5H,10H2,(H,12,13). The first-order chi connectivity index (χ1) is 6.20. The molecule has 64 valence electrons. The third-order valence-corrected chi connectivity index (χ3v) is 2.13. The molecule has 2 aromatic rings. The lowest BCUT2D eigenvalue weighted by Crippen LogP contribution is -1.94. The number of para-hydroxylation sites is 1. The van der Waals surface area contributed by atoms with E-state index in [-0.39, 0.29) is 0 Å². The molecule has 0 aliphatic carbocycles. The lowest BCUT2D eigenvalue weighted by Gasteiger charge is -1.93. The fourth-order valence-electron chi connectivity index (χ4n) is 1.51. The van der Waals surface area contributed by atoms with Gasteiger partial charge in [0, 0.05) is 17.1 Å². The van der Waals surface area contributed by atoms with Gasteiger partial charge in [-0.25, -0.2) is 4.79 Å². The quantitative estimate of drug-likeness (QED) is 0.646. The van der Waals surface area contributed by atoms with E-state index in [1.807, 2.05) is 36.7 Å². The van der Waals surface area contributed by atoms with Crippen LogP contribution in [0.4, 0.5) is 0 Å². The first-order valence-electron chi connectivity index (χ1n) is 3.97. The molecule has 0 saturated heterocycles. The van der Waals surface area contributed by atoms with Crippen LogP contribution in [0.5, 0.6) is 0 Å². The fraction of sp³-hybridized carbons (Fsp3) is 0. The molecule has 2 rings (SSSR count). The van der Waals surface area contributed by atoms with Gasteiger partial charge in [0.15, 0.2) is 0 Å². The molecule has 4 heteroatoms. The molecule has 0 amide bonds. The lowest BCUT2D eigenvalue weighted by molar-refractivity contribution is 0.0699. The highest BCUT2D eigenvalue weighted by Crippen LogP contribution is 2.19. The molecule has 3 nitrogen and oxygen atoms in total. The number of nitrogens with zero attached hydrogens (tertiary/aromatic N) is 1. The van der Waals surface area contributed by atoms with Crippen molar-refractivity contribution in [2.75, 3.05) is 0 Å². The third-order valence-electron chi connectivity index (χ3n) is 2.13. The number of benzene rings is 1. The Hall–Kier alpha value is -1.71. The second kappa shape index (κ2) is 2.66. The monoisotopic (exact) mass is 173 g/mol. The number of hydrogen-bond acceptors (Lipinski definition) is 1. The van der Waals surface area contributed by atoms with Gasteiger partial charge < -0.3 is 9.58 Å². The molecular weight excluding hydrogens is 165 g/mol. The van der Waals surface area contributed by atoms with Gasteiger partial charge in [0.05, 0.1) is 5.56 Å². The van der Waals surface area contributed by atoms with Crippen molar-refractivity contribution in [1.29, 1.82) is 0 Å². The SMILES string of the molecule is Bn1cc(C(=O)O)c2ccccc21. The van der Waals surface area contributed by atoms with Crippen LogP contribution in [0.15, 0.2) is 30.5 Å². The molecule has 0 bridgehead atoms. The molecule has 0 radical (unpaired) electrons. The summed E-state index contributed by atoms with van der Waals surface area (Å²) in [6.45, 7) is 0. The molecule has 0 saturated carbocycles. The minimum atomic E-state index is -0.878. The topological polar surface area (TPSA) is 42.2 Å². The molecule has 1 heterocycles. The van der Waals surface area contributed by atoms with Crippen molar-refractivity contribution in [3.8, 4) is 0 Å². The second-order valence-electron chi connectivity index (χ2n) is 2.98. The van der Waals surface area contributed by atoms with Gasteiger partial charge in [0.2, 0.25) is 7.98 Å². The van der Waals surface area contributed by atoms with E-state index >= 15 is 0 Å². The zero-order chi connectivity index (χ0) is 9.42. The summed E-state index contributed by atoms with van der Waals surface area (Å²) in [7, 11) is 1.84. The minimum absolute atomic E-state index is 0.359. The number of fused-ring (bicyclic) bond motifs is 1. The van der Waals surface area contributed by atoms with E-state index in [1.165, 1.54) is 0 Å². The van der Waals surface area contributed by atoms with Crippen molar-refractivity contribution >= 4 is 24.9 Å². The largest absolute Gasteiger partial charge is 0.478 e. The van der Waals surface area contributed by atoms with E-state index in [0.717, 1.165) is 10.9 Å². The Labute approximate surface area is 76.0 Å². The van der Waals surface area contributed by atoms with E-state index in [2.05, 4.69) is 0 Å². The van der Waals surface area contributed by atoms with Gasteiger partial charge in [0.25, 0.3) is 0 Å². The summed E-state index contributed by atoms with van der Waals surface area (Å²) in [5.41, 5.74) is 1.30. The van der Waals surface area contributed by atoms with E-state index < -0.39 is 5.97 Å². The normalized spacial score (nSPS) is 10.5. The van der Waals surface area contributed by atoms with Crippen LogP contribution in [0.25, 0.3) is 10.9 Å². The van der Waals surface area contributed by atoms with Crippen LogP contribution in [-0.4, -0.2) is 23.5 Å². The molecule has 0 aliphatic heterocycles. The first-order valence-corrected chi connectivity index (χ1v) is 3.97. The summed E-state index contributed by atoms with van der Waals surface area (Å²) in [6.07, 6.45) is 1.63. The summed E-state index contributed by atoms with van der Waals surface area (Å²) in [5.74, 6) is -0.878. The molecule has 1 N–H and O–H groups in total. The van der Waals surface area contributed by atoms with Gasteiger partial charge in [0.1, 0.15) is 0 Å². The number of rotatable bonds is 1. The van der Waals surface area contributed by atoms with Crippen LogP contribution in [0.2, 0.25) is 0 Å². The summed E-state index contributed by atoms with van der Waals surface area (Å²) in [5, 5.41) is 9.67. The van der Waals surface area contributed by atoms with Gasteiger partial charge in [-0.1, -0.05) is 18.2 Å². The summed E-state index contributed by atoms with van der Waals surface area (Å²) < 4.78 is 1.82. The van der Waals surface area contributed by atoms with Crippen molar-refractivity contribution in [1.82, 2.24) is 4.48 Å². The summed E-state index contributed by atoms with van der Waals surface area (Å²) in [4.78, 5) is 10.8. The van der Waals surface area contributed by atoms with Crippen molar-refractivity contribution in [3.05, 3.63) is 36.0 Å². The van der Waals surface area contributed by atoms with Crippen LogP contribution in [0, 0.1) is 0 Å². The Morgan fingerprint density at radius 1 is 1.38 bits per heavy atom. The molecule has 0 fully saturated rings. The highest BCUT2D eigenvalue weighted by atomic mass is 16.4. The van der Waals surface area contributed by atoms with Gasteiger partial charge in [-0.05, 0) is 6.07 Å². The maximum absolute atomic E-state index is 10.8. The maximum atomic E-state index is 10.8. The van der Waals surface area contributed by atoms with E-state index in [1.54, 1.807) is 6.20 Å². The van der Waals surface area contributed by atoms with Gasteiger partial charge in [-0.3, -0.25) is 0 Å². The van der Waals surface area contributed by atoms with Crippen LogP contribution in [-0.2, 0) is 0 Å². The lowest BCUT2D eigenvalue weighted by atomic mass is 10.2. The molecule has 0 unspecified atom stereocenters. The van der Waals surface area contributed by atoms with Gasteiger partial charge in [-0.15, -0.1) is 0 Å². The average molecular weight is 173 g/mol. The van der Waals surface area contributed by atoms with Crippen LogP contribution in [0.3, 0.4) is 0 Å². The van der Waals surface area contributed by atoms with E-state index in [9.17, 15) is 4.79 Å². The predicted octanol–water partition coefficient (Wildman–Crippen LogP) is 0.736. The molecule has 0 atom stereocenters. The number of carboxylic acids is 1. The zero-order valence-corrected chi connectivity index (χ0v) is 7.19. The Balaban J connectivity index is 2.85. The second-order valence-corrected chi connectivity index (χ2v) is 2.98. The molecule has 0 aliphatic rings. The number of aromatic nitrogens is 1. The van der Waals surface area contributed by atoms with E-state index in [4.69, 9.17) is 5.11 Å². The Morgan fingerprint density at radius 2 is 2.08 bits per heavy atom. The molecular formula is C9H8BNO2. The fourth-order valence-corrected chi connectivity index (χ4v) is 1.51. The van der Waals surface area contributed by atoms with Crippen molar-refractivity contribution in [3.63, 3.8) is 0 Å². The minimum Gasteiger partial charge on any atom is -0.478 e. The maximum Gasteiger partial charge on any atom is 0.337 e. The number of carboxylic acid groups (broad SMARTS) is 1. The number of hydrogen-bond donors (Lipinski definition) is 1. The molecule has 1 aromatic heterocycles. The number of aromatic carboxylic acids is 1. The average Bonchev–Trinajstić information content (AvgIpc) is 2.45. The molecule has 1 aromatic carbocycles. The highest BCUT2D eigenvalue weighted by molar-refractivity contribution is 6.15. The Kier molecular flexibility index (Phi) is 1.62. The molecule has 0 spiro atoms. The Morgan fingerprint density at radius 3 is 2.77 bits per heavy atom. The summed E-state index contributed by atoms with van der Waals surface area (Å²) >= 11 is 0. The van der Waals surface area contributed by atoms with Crippen molar-refractivity contribution in [2.45, 2.75) is 0 Å². The first kappa shape index (κ1) is 7.92. The van der Waals surface area contributed by atoms with Crippen LogP contribution in [0.1, 0.15) is 10.4 Å². The highest BCUT2D eigenvalue weighted by Gasteiger charge is 2.10. The zero-order valence-electron chi connectivity index (χ0n) is 7.19.